The molecule has 2 N–H and O–H groups in total. The van der Waals surface area contributed by atoms with E-state index in [1.165, 1.54) is 12.1 Å². The molecule has 1 fully saturated rings. The van der Waals surface area contributed by atoms with Crippen molar-refractivity contribution in [3.63, 3.8) is 0 Å². The van der Waals surface area contributed by atoms with Crippen LogP contribution >= 0.6 is 0 Å². The third-order valence-corrected chi connectivity index (χ3v) is 6.20. The Hall–Kier alpha value is -1.89. The maximum absolute atomic E-state index is 12.2. The number of carbonyl (C=O) groups is 2. The minimum Gasteiger partial charge on any atom is -0.478 e. The number of amides is 1. The predicted octanol–water partition coefficient (Wildman–Crippen LogP) is 1.01. The maximum Gasteiger partial charge on any atom is 0.335 e. The van der Waals surface area contributed by atoms with Crippen LogP contribution in [-0.4, -0.2) is 42.9 Å². The summed E-state index contributed by atoms with van der Waals surface area (Å²) in [6, 6.07) is 6.38. The number of nitrogens with one attached hydrogen (secondary N) is 1. The van der Waals surface area contributed by atoms with Crippen LogP contribution in [0.3, 0.4) is 0 Å². The number of carboxylic acids is 1. The number of carbonyl (C=O) groups excluding carboxylic acids is 1. The highest BCUT2D eigenvalue weighted by Crippen LogP contribution is 2.39. The fraction of sp³-hybridized carbons (Fsp3) is 0.467. The highest BCUT2D eigenvalue weighted by atomic mass is 32.2. The second-order valence-electron chi connectivity index (χ2n) is 5.63. The van der Waals surface area contributed by atoms with E-state index in [-0.39, 0.29) is 5.56 Å². The molecule has 0 atom stereocenters. The average molecular weight is 325 g/mol. The Balaban J connectivity index is 1.91. The van der Waals surface area contributed by atoms with E-state index in [1.54, 1.807) is 12.1 Å². The number of aromatic carboxylic acids is 1. The topological polar surface area (TPSA) is 101 Å². The molecule has 0 saturated heterocycles. The Morgan fingerprint density at radius 1 is 1.23 bits per heavy atom. The molecule has 7 heteroatoms. The molecule has 22 heavy (non-hydrogen) atoms. The van der Waals surface area contributed by atoms with Crippen molar-refractivity contribution in [2.45, 2.75) is 30.4 Å². The van der Waals surface area contributed by atoms with Gasteiger partial charge in [0, 0.05) is 12.8 Å². The van der Waals surface area contributed by atoms with Crippen LogP contribution in [-0.2, 0) is 21.1 Å². The summed E-state index contributed by atoms with van der Waals surface area (Å²) in [5, 5.41) is 11.5. The molecule has 1 aliphatic carbocycles. The zero-order valence-electron chi connectivity index (χ0n) is 12.3. The Labute approximate surface area is 129 Å². The summed E-state index contributed by atoms with van der Waals surface area (Å²) in [5.41, 5.74) is 1.09. The van der Waals surface area contributed by atoms with E-state index >= 15 is 0 Å². The van der Waals surface area contributed by atoms with Crippen molar-refractivity contribution in [2.24, 2.45) is 0 Å². The molecule has 0 spiro atoms. The highest BCUT2D eigenvalue weighted by molar-refractivity contribution is 7.93. The van der Waals surface area contributed by atoms with Crippen molar-refractivity contribution in [1.82, 2.24) is 5.32 Å². The monoisotopic (exact) mass is 325 g/mol. The maximum atomic E-state index is 12.2. The van der Waals surface area contributed by atoms with Gasteiger partial charge in [0.25, 0.3) is 0 Å². The lowest BCUT2D eigenvalue weighted by molar-refractivity contribution is -0.125. The smallest absolute Gasteiger partial charge is 0.335 e. The van der Waals surface area contributed by atoms with Crippen molar-refractivity contribution < 1.29 is 23.1 Å². The quantitative estimate of drug-likeness (QED) is 0.813. The van der Waals surface area contributed by atoms with Gasteiger partial charge in [0.1, 0.15) is 4.75 Å². The molecule has 1 aromatic carbocycles. The van der Waals surface area contributed by atoms with Crippen molar-refractivity contribution in [3.05, 3.63) is 35.4 Å². The first-order valence-electron chi connectivity index (χ1n) is 7.06. The first kappa shape index (κ1) is 16.5. The van der Waals surface area contributed by atoms with E-state index < -0.39 is 26.5 Å². The van der Waals surface area contributed by atoms with Crippen molar-refractivity contribution in [1.29, 1.82) is 0 Å². The molecule has 0 heterocycles. The molecule has 0 radical (unpaired) electrons. The van der Waals surface area contributed by atoms with Crippen LogP contribution in [0.4, 0.5) is 0 Å². The van der Waals surface area contributed by atoms with Gasteiger partial charge >= 0.3 is 5.97 Å². The molecular formula is C15H19NO5S. The van der Waals surface area contributed by atoms with Gasteiger partial charge in [-0.25, -0.2) is 13.2 Å². The highest BCUT2D eigenvalue weighted by Gasteiger charge is 2.52. The Kier molecular flexibility index (Phi) is 4.55. The largest absolute Gasteiger partial charge is 0.478 e. The van der Waals surface area contributed by atoms with E-state index in [2.05, 4.69) is 5.32 Å². The summed E-state index contributed by atoms with van der Waals surface area (Å²) in [6.45, 7) is 0.322. The third kappa shape index (κ3) is 3.14. The fourth-order valence-corrected chi connectivity index (χ4v) is 4.00. The molecule has 0 bridgehead atoms. The molecule has 1 saturated carbocycles. The van der Waals surface area contributed by atoms with Crippen LogP contribution in [0, 0.1) is 0 Å². The van der Waals surface area contributed by atoms with Gasteiger partial charge < -0.3 is 10.4 Å². The molecule has 2 rings (SSSR count). The van der Waals surface area contributed by atoms with E-state index in [4.69, 9.17) is 5.11 Å². The first-order valence-corrected chi connectivity index (χ1v) is 8.95. The number of hydrogen-bond donors (Lipinski definition) is 2. The van der Waals surface area contributed by atoms with Crippen molar-refractivity contribution in [3.8, 4) is 0 Å². The molecule has 6 nitrogen and oxygen atoms in total. The van der Waals surface area contributed by atoms with Crippen LogP contribution in [0.25, 0.3) is 0 Å². The lowest BCUT2D eigenvalue weighted by Gasteiger charge is -2.38. The van der Waals surface area contributed by atoms with E-state index in [1.807, 2.05) is 0 Å². The second kappa shape index (κ2) is 6.08. The lowest BCUT2D eigenvalue weighted by atomic mass is 9.83. The molecule has 0 aliphatic heterocycles. The molecule has 120 valence electrons. The third-order valence-electron chi connectivity index (χ3n) is 4.18. The van der Waals surface area contributed by atoms with E-state index in [9.17, 15) is 18.0 Å². The van der Waals surface area contributed by atoms with Crippen LogP contribution in [0.2, 0.25) is 0 Å². The summed E-state index contributed by atoms with van der Waals surface area (Å²) >= 11 is 0. The zero-order chi connectivity index (χ0) is 16.4. The van der Waals surface area contributed by atoms with Crippen molar-refractivity contribution in [2.75, 3.05) is 12.8 Å². The van der Waals surface area contributed by atoms with Crippen molar-refractivity contribution >= 4 is 21.7 Å². The molecule has 0 aromatic heterocycles. The molecular weight excluding hydrogens is 306 g/mol. The number of carboxylic acid groups (broad SMARTS) is 1. The Morgan fingerprint density at radius 2 is 1.82 bits per heavy atom. The van der Waals surface area contributed by atoms with Crippen LogP contribution in [0.1, 0.15) is 35.2 Å². The van der Waals surface area contributed by atoms with Gasteiger partial charge in [0.05, 0.1) is 5.56 Å². The Morgan fingerprint density at radius 3 is 2.23 bits per heavy atom. The van der Waals surface area contributed by atoms with Crippen LogP contribution in [0.5, 0.6) is 0 Å². The number of sulfone groups is 1. The summed E-state index contributed by atoms with van der Waals surface area (Å²) in [4.78, 5) is 22.9. The molecule has 1 aliphatic rings. The first-order chi connectivity index (χ1) is 10.3. The standard InChI is InChI=1S/C15H19NO5S/c1-22(20,21)15(8-2-9-15)14(19)16-10-7-11-3-5-12(6-4-11)13(17)18/h3-6H,2,7-10H2,1H3,(H,16,19)(H,17,18). The summed E-state index contributed by atoms with van der Waals surface area (Å²) in [6.07, 6.45) is 3.13. The van der Waals surface area contributed by atoms with Gasteiger partial charge in [0.2, 0.25) is 5.91 Å². The van der Waals surface area contributed by atoms with E-state index in [0.29, 0.717) is 25.8 Å². The van der Waals surface area contributed by atoms with Gasteiger partial charge in [-0.3, -0.25) is 4.79 Å². The van der Waals surface area contributed by atoms with E-state index in [0.717, 1.165) is 18.2 Å². The Bertz CT molecular complexity index is 674. The SMILES string of the molecule is CS(=O)(=O)C1(C(=O)NCCc2ccc(C(=O)O)cc2)CCC1. The molecule has 1 aromatic rings. The average Bonchev–Trinajstić information content (AvgIpc) is 2.36. The van der Waals surface area contributed by atoms with Gasteiger partial charge in [0.15, 0.2) is 9.84 Å². The summed E-state index contributed by atoms with van der Waals surface area (Å²) in [5.74, 6) is -1.41. The van der Waals surface area contributed by atoms with Crippen LogP contribution < -0.4 is 5.32 Å². The van der Waals surface area contributed by atoms with Gasteiger partial charge in [-0.2, -0.15) is 0 Å². The number of benzene rings is 1. The lowest BCUT2D eigenvalue weighted by Crippen LogP contribution is -2.56. The zero-order valence-corrected chi connectivity index (χ0v) is 13.1. The summed E-state index contributed by atoms with van der Waals surface area (Å²) in [7, 11) is -3.41. The number of hydrogen-bond acceptors (Lipinski definition) is 4. The van der Waals surface area contributed by atoms with Gasteiger partial charge in [-0.1, -0.05) is 12.1 Å². The minimum absolute atomic E-state index is 0.207. The minimum atomic E-state index is -3.41. The normalized spacial score (nSPS) is 16.6. The van der Waals surface area contributed by atoms with Crippen LogP contribution in [0.15, 0.2) is 24.3 Å². The van der Waals surface area contributed by atoms with Gasteiger partial charge in [-0.05, 0) is 43.4 Å². The number of rotatable bonds is 6. The predicted molar refractivity (Wildman–Crippen MR) is 81.5 cm³/mol. The fourth-order valence-electron chi connectivity index (χ4n) is 2.56. The van der Waals surface area contributed by atoms with Gasteiger partial charge in [-0.15, -0.1) is 0 Å². The molecule has 0 unspecified atom stereocenters. The second-order valence-corrected chi connectivity index (χ2v) is 7.95. The molecule has 1 amide bonds. The summed E-state index contributed by atoms with van der Waals surface area (Å²) < 4.78 is 22.3.